The Morgan fingerprint density at radius 3 is 2.49 bits per heavy atom. The summed E-state index contributed by atoms with van der Waals surface area (Å²) in [7, 11) is 3.30. The number of phenolic OH excluding ortho intramolecular Hbond substituents is 1. The molecule has 2 aliphatic rings. The second kappa shape index (κ2) is 13.3. The maximum Gasteiger partial charge on any atom is 0.141 e. The molecule has 0 bridgehead atoms. The number of phenols is 1. The maximum absolute atomic E-state index is 12.8. The molecule has 2 unspecified atom stereocenters. The first kappa shape index (κ1) is 30.7. The highest BCUT2D eigenvalue weighted by molar-refractivity contribution is 5.94. The van der Waals surface area contributed by atoms with Crippen molar-refractivity contribution in [1.82, 2.24) is 4.98 Å². The molecule has 6 nitrogen and oxygen atoms in total. The average Bonchev–Trinajstić information content (AvgIpc) is 3.28. The van der Waals surface area contributed by atoms with Gasteiger partial charge in [-0.1, -0.05) is 44.2 Å². The Kier molecular flexibility index (Phi) is 9.46. The van der Waals surface area contributed by atoms with E-state index in [2.05, 4.69) is 43.1 Å². The molecule has 1 N–H and O–H groups in total. The van der Waals surface area contributed by atoms with Gasteiger partial charge < -0.3 is 14.6 Å². The molecule has 226 valence electrons. The fourth-order valence-corrected chi connectivity index (χ4v) is 6.77. The molecule has 0 spiro atoms. The SMILES string of the molecule is COCC(C)C(=O)C1CCC(c2ccc(C(C)c3nc(C4=CN=CC(OC)=CC4)cc4ccc(C)c(O)c34)cc2C)CC1. The third-order valence-corrected chi connectivity index (χ3v) is 9.40. The Bertz CT molecular complexity index is 1590. The molecule has 2 aromatic carbocycles. The lowest BCUT2D eigenvalue weighted by atomic mass is 9.74. The molecule has 3 aromatic rings. The second-order valence-corrected chi connectivity index (χ2v) is 12.3. The molecular weight excluding hydrogens is 536 g/mol. The van der Waals surface area contributed by atoms with Crippen molar-refractivity contribution in [3.05, 3.63) is 88.1 Å². The molecule has 1 saturated carbocycles. The van der Waals surface area contributed by atoms with Crippen LogP contribution in [0.1, 0.15) is 91.4 Å². The number of carbonyl (C=O) groups excluding carboxylic acids is 1. The Labute approximate surface area is 255 Å². The van der Waals surface area contributed by atoms with Crippen molar-refractivity contribution in [1.29, 1.82) is 0 Å². The minimum Gasteiger partial charge on any atom is -0.507 e. The van der Waals surface area contributed by atoms with Crippen LogP contribution in [0.25, 0.3) is 16.3 Å². The van der Waals surface area contributed by atoms with Gasteiger partial charge in [0.2, 0.25) is 0 Å². The number of aliphatic imine (C=N–C) groups is 1. The van der Waals surface area contributed by atoms with E-state index < -0.39 is 0 Å². The van der Waals surface area contributed by atoms with Crippen molar-refractivity contribution in [3.8, 4) is 5.75 Å². The molecule has 1 aromatic heterocycles. The number of aromatic hydroxyl groups is 1. The summed E-state index contributed by atoms with van der Waals surface area (Å²) in [5.74, 6) is 1.90. The summed E-state index contributed by atoms with van der Waals surface area (Å²) in [6, 6.07) is 12.8. The van der Waals surface area contributed by atoms with Gasteiger partial charge >= 0.3 is 0 Å². The number of methoxy groups -OCH3 is 2. The maximum atomic E-state index is 12.8. The summed E-state index contributed by atoms with van der Waals surface area (Å²) in [4.78, 5) is 22.4. The van der Waals surface area contributed by atoms with E-state index >= 15 is 0 Å². The van der Waals surface area contributed by atoms with Crippen molar-refractivity contribution in [2.75, 3.05) is 20.8 Å². The summed E-state index contributed by atoms with van der Waals surface area (Å²) in [6.45, 7) is 8.77. The highest BCUT2D eigenvalue weighted by Crippen LogP contribution is 2.41. The van der Waals surface area contributed by atoms with Crippen LogP contribution in [-0.2, 0) is 14.3 Å². The summed E-state index contributed by atoms with van der Waals surface area (Å²) in [6.07, 6.45) is 10.2. The number of hydrogen-bond donors (Lipinski definition) is 1. The molecule has 1 fully saturated rings. The predicted octanol–water partition coefficient (Wildman–Crippen LogP) is 8.18. The number of pyridine rings is 1. The molecular formula is C37H44N2O4. The molecule has 0 radical (unpaired) electrons. The average molecular weight is 581 g/mol. The molecule has 2 atom stereocenters. The normalized spacial score (nSPS) is 20.2. The molecule has 2 heterocycles. The number of hydrogen-bond acceptors (Lipinski definition) is 6. The molecule has 43 heavy (non-hydrogen) atoms. The Balaban J connectivity index is 1.43. The molecule has 1 aliphatic carbocycles. The first-order chi connectivity index (χ1) is 20.7. The van der Waals surface area contributed by atoms with Gasteiger partial charge in [0.05, 0.1) is 31.3 Å². The van der Waals surface area contributed by atoms with Crippen LogP contribution < -0.4 is 0 Å². The summed E-state index contributed by atoms with van der Waals surface area (Å²) in [5, 5.41) is 13.0. The van der Waals surface area contributed by atoms with Gasteiger partial charge in [0, 0.05) is 36.4 Å². The van der Waals surface area contributed by atoms with Crippen LogP contribution in [0.3, 0.4) is 0 Å². The quantitative estimate of drug-likeness (QED) is 0.276. The largest absolute Gasteiger partial charge is 0.507 e. The smallest absolute Gasteiger partial charge is 0.141 e. The predicted molar refractivity (Wildman–Crippen MR) is 174 cm³/mol. The van der Waals surface area contributed by atoms with E-state index in [1.54, 1.807) is 20.4 Å². The summed E-state index contributed by atoms with van der Waals surface area (Å²) < 4.78 is 10.6. The topological polar surface area (TPSA) is 81.0 Å². The van der Waals surface area contributed by atoms with Gasteiger partial charge in [0.15, 0.2) is 0 Å². The van der Waals surface area contributed by atoms with E-state index in [9.17, 15) is 9.90 Å². The van der Waals surface area contributed by atoms with Crippen molar-refractivity contribution in [2.45, 2.75) is 71.6 Å². The van der Waals surface area contributed by atoms with Crippen LogP contribution in [0.2, 0.25) is 0 Å². The third-order valence-electron chi connectivity index (χ3n) is 9.40. The first-order valence-corrected chi connectivity index (χ1v) is 15.4. The van der Waals surface area contributed by atoms with Crippen molar-refractivity contribution in [3.63, 3.8) is 0 Å². The Hall–Kier alpha value is -3.77. The Morgan fingerprint density at radius 2 is 1.79 bits per heavy atom. The number of ketones is 1. The van der Waals surface area contributed by atoms with Gasteiger partial charge in [0.25, 0.3) is 0 Å². The van der Waals surface area contributed by atoms with Gasteiger partial charge in [-0.05, 0) is 97.2 Å². The van der Waals surface area contributed by atoms with Gasteiger partial charge in [-0.2, -0.15) is 0 Å². The van der Waals surface area contributed by atoms with Crippen LogP contribution in [0.4, 0.5) is 0 Å². The molecule has 0 amide bonds. The zero-order valence-corrected chi connectivity index (χ0v) is 26.3. The van der Waals surface area contributed by atoms with Gasteiger partial charge in [0.1, 0.15) is 17.3 Å². The number of carbonyl (C=O) groups is 1. The van der Waals surface area contributed by atoms with E-state index in [0.717, 1.165) is 64.7 Å². The zero-order chi connectivity index (χ0) is 30.7. The highest BCUT2D eigenvalue weighted by atomic mass is 16.5. The number of rotatable bonds is 9. The molecule has 0 saturated heterocycles. The van der Waals surface area contributed by atoms with Crippen LogP contribution in [-0.4, -0.2) is 42.9 Å². The highest BCUT2D eigenvalue weighted by Gasteiger charge is 2.30. The van der Waals surface area contributed by atoms with Crippen LogP contribution in [0, 0.1) is 25.7 Å². The number of benzene rings is 2. The Morgan fingerprint density at radius 1 is 1.02 bits per heavy atom. The van der Waals surface area contributed by atoms with E-state index in [1.807, 2.05) is 38.3 Å². The number of ether oxygens (including phenoxy) is 2. The monoisotopic (exact) mass is 580 g/mol. The summed E-state index contributed by atoms with van der Waals surface area (Å²) in [5.41, 5.74) is 7.34. The van der Waals surface area contributed by atoms with E-state index in [1.165, 1.54) is 16.7 Å². The summed E-state index contributed by atoms with van der Waals surface area (Å²) >= 11 is 0. The number of fused-ring (bicyclic) bond motifs is 1. The van der Waals surface area contributed by atoms with Crippen LogP contribution in [0.5, 0.6) is 5.75 Å². The molecule has 5 rings (SSSR count). The fourth-order valence-electron chi connectivity index (χ4n) is 6.77. The zero-order valence-electron chi connectivity index (χ0n) is 26.3. The molecule has 6 heteroatoms. The molecule has 1 aliphatic heterocycles. The van der Waals surface area contributed by atoms with Crippen LogP contribution in [0.15, 0.2) is 59.4 Å². The number of aryl methyl sites for hydroxylation is 2. The lowest BCUT2D eigenvalue weighted by Gasteiger charge is -2.30. The van der Waals surface area contributed by atoms with E-state index in [0.29, 0.717) is 24.7 Å². The van der Waals surface area contributed by atoms with Crippen molar-refractivity contribution in [2.24, 2.45) is 16.8 Å². The van der Waals surface area contributed by atoms with E-state index in [4.69, 9.17) is 14.5 Å². The number of Topliss-reactive ketones (excluding diaryl/α,β-unsaturated/α-hetero) is 1. The van der Waals surface area contributed by atoms with Crippen LogP contribution >= 0.6 is 0 Å². The first-order valence-electron chi connectivity index (χ1n) is 15.4. The van der Waals surface area contributed by atoms with Gasteiger partial charge in [-0.3, -0.25) is 14.8 Å². The standard InChI is InChI=1S/C37H44N2O4/c1-22-7-8-29-18-33(30-13-15-31(43-6)20-38-19-30)39-35(34(29)37(22)41)25(4)28-14-16-32(23(2)17-28)26-9-11-27(12-10-26)36(40)24(3)21-42-5/h7-8,14-20,24-27,41H,9-13,21H2,1-6H3. The second-order valence-electron chi connectivity index (χ2n) is 12.3. The number of allylic oxidation sites excluding steroid dienone is 3. The fraction of sp³-hybridized carbons (Fsp3) is 0.432. The number of aromatic nitrogens is 1. The lowest BCUT2D eigenvalue weighted by molar-refractivity contribution is -0.128. The minimum atomic E-state index is -0.0431. The minimum absolute atomic E-state index is 0.0358. The van der Waals surface area contributed by atoms with Crippen molar-refractivity contribution < 1.29 is 19.4 Å². The van der Waals surface area contributed by atoms with Gasteiger partial charge in [-0.15, -0.1) is 0 Å². The van der Waals surface area contributed by atoms with Gasteiger partial charge in [-0.25, -0.2) is 0 Å². The lowest BCUT2D eigenvalue weighted by Crippen LogP contribution is -2.28. The number of nitrogens with zero attached hydrogens (tertiary/aromatic N) is 2. The van der Waals surface area contributed by atoms with Crippen molar-refractivity contribution >= 4 is 28.3 Å². The third kappa shape index (κ3) is 6.45. The van der Waals surface area contributed by atoms with E-state index in [-0.39, 0.29) is 23.5 Å².